The van der Waals surface area contributed by atoms with Gasteiger partial charge < -0.3 is 24.6 Å². The van der Waals surface area contributed by atoms with Crippen LogP contribution in [0.1, 0.15) is 31.7 Å². The predicted molar refractivity (Wildman–Crippen MR) is 167 cm³/mol. The average Bonchev–Trinajstić information content (AvgIpc) is 3.69. The molecule has 0 radical (unpaired) electrons. The molecule has 5 fully saturated rings. The number of anilines is 1. The van der Waals surface area contributed by atoms with E-state index in [0.29, 0.717) is 61.4 Å². The molecule has 7 rings (SSSR count). The molecule has 1 saturated carbocycles. The Hall–Kier alpha value is -2.79. The lowest BCUT2D eigenvalue weighted by molar-refractivity contribution is 0.143. The first-order valence-corrected chi connectivity index (χ1v) is 19.2. The second-order valence-electron chi connectivity index (χ2n) is 12.6. The van der Waals surface area contributed by atoms with E-state index in [1.807, 2.05) is 4.90 Å². The van der Waals surface area contributed by atoms with Crippen LogP contribution >= 0.6 is 0 Å². The highest BCUT2D eigenvalue weighted by atomic mass is 32.2. The van der Waals surface area contributed by atoms with Gasteiger partial charge in [-0.3, -0.25) is 14.6 Å². The smallest absolute Gasteiger partial charge is 0.449 e. The summed E-state index contributed by atoms with van der Waals surface area (Å²) < 4.78 is 67.6. The molecular weight excluding hydrogens is 629 g/mol. The Kier molecular flexibility index (Phi) is 9.13. The fourth-order valence-electron chi connectivity index (χ4n) is 6.90. The molecule has 1 aromatic carbocycles. The average molecular weight is 670 g/mol. The number of pyridine rings is 1. The SMILES string of the molecule is O=C(O)Oc1cn(C2CC2)c2cc(N3CCN(C4CCS(=O)(=O)C4)CC3)c(F)cc2c1=O.O=S1(=O)CCC(N2CCNCC2)C1. The minimum atomic E-state index is -2.96. The van der Waals surface area contributed by atoms with Gasteiger partial charge in [0.05, 0.1) is 45.8 Å². The zero-order valence-corrected chi connectivity index (χ0v) is 26.7. The molecule has 4 saturated heterocycles. The summed E-state index contributed by atoms with van der Waals surface area (Å²) >= 11 is 0. The van der Waals surface area contributed by atoms with Crippen LogP contribution in [0.15, 0.2) is 23.1 Å². The molecule has 1 aromatic heterocycles. The summed E-state index contributed by atoms with van der Waals surface area (Å²) in [5, 5.41) is 12.3. The molecule has 2 atom stereocenters. The van der Waals surface area contributed by atoms with E-state index in [4.69, 9.17) is 5.11 Å². The fourth-order valence-corrected chi connectivity index (χ4v) is 10.4. The second kappa shape index (κ2) is 12.8. The molecular formula is C29H40FN5O8S2. The molecule has 13 nitrogen and oxygen atoms in total. The largest absolute Gasteiger partial charge is 0.511 e. The summed E-state index contributed by atoms with van der Waals surface area (Å²) in [7, 11) is -5.67. The standard InChI is InChI=1S/C21H24FN3O6S.C8H16N2O2S/c22-16-9-15-17(25(13-1-2-13)11-19(20(15)26)31-21(27)28)10-18(16)24-6-4-23(5-7-24)14-3-8-32(29,30)12-14;11-13(12)6-1-8(7-13)10-4-2-9-3-5-10/h9-11,13-14H,1-8,12H2,(H,27,28);8-9H,1-7H2. The van der Waals surface area contributed by atoms with Crippen LogP contribution in [-0.4, -0.2) is 130 Å². The number of nitrogens with one attached hydrogen (secondary N) is 1. The molecule has 5 heterocycles. The molecule has 4 aliphatic heterocycles. The van der Waals surface area contributed by atoms with E-state index in [-0.39, 0.29) is 34.7 Å². The van der Waals surface area contributed by atoms with Crippen LogP contribution < -0.4 is 20.4 Å². The minimum absolute atomic E-state index is 0.0244. The van der Waals surface area contributed by atoms with Crippen LogP contribution in [0.2, 0.25) is 0 Å². The van der Waals surface area contributed by atoms with Crippen molar-refractivity contribution < 1.29 is 35.9 Å². The monoisotopic (exact) mass is 669 g/mol. The summed E-state index contributed by atoms with van der Waals surface area (Å²) in [6.45, 7) is 6.37. The molecule has 1 aliphatic carbocycles. The number of ether oxygens (including phenoxy) is 1. The van der Waals surface area contributed by atoms with Crippen molar-refractivity contribution in [2.45, 2.75) is 43.8 Å². The molecule has 2 aromatic rings. The van der Waals surface area contributed by atoms with E-state index in [0.717, 1.165) is 51.5 Å². The van der Waals surface area contributed by atoms with E-state index in [1.165, 1.54) is 6.20 Å². The van der Waals surface area contributed by atoms with Gasteiger partial charge in [-0.05, 0) is 37.8 Å². The van der Waals surface area contributed by atoms with Crippen molar-refractivity contribution in [3.63, 3.8) is 0 Å². The maximum absolute atomic E-state index is 15.1. The van der Waals surface area contributed by atoms with Crippen LogP contribution in [-0.2, 0) is 19.7 Å². The van der Waals surface area contributed by atoms with E-state index in [9.17, 15) is 26.4 Å². The van der Waals surface area contributed by atoms with Crippen LogP contribution in [0, 0.1) is 5.82 Å². The Labute approximate surface area is 261 Å². The summed E-state index contributed by atoms with van der Waals surface area (Å²) in [4.78, 5) is 30.0. The number of sulfone groups is 2. The third kappa shape index (κ3) is 7.45. The van der Waals surface area contributed by atoms with Gasteiger partial charge in [0.15, 0.2) is 25.4 Å². The molecule has 2 N–H and O–H groups in total. The minimum Gasteiger partial charge on any atom is -0.449 e. The number of aromatic nitrogens is 1. The van der Waals surface area contributed by atoms with Crippen molar-refractivity contribution in [1.29, 1.82) is 0 Å². The summed E-state index contributed by atoms with van der Waals surface area (Å²) in [5.74, 6) is 0.301. The van der Waals surface area contributed by atoms with Crippen molar-refractivity contribution in [3.8, 4) is 5.75 Å². The van der Waals surface area contributed by atoms with Gasteiger partial charge in [-0.2, -0.15) is 0 Å². The van der Waals surface area contributed by atoms with E-state index in [1.54, 1.807) is 10.6 Å². The highest BCUT2D eigenvalue weighted by Crippen LogP contribution is 2.39. The van der Waals surface area contributed by atoms with Gasteiger partial charge in [0.2, 0.25) is 5.43 Å². The first-order valence-electron chi connectivity index (χ1n) is 15.5. The Balaban J connectivity index is 0.000000229. The summed E-state index contributed by atoms with van der Waals surface area (Å²) in [5.41, 5.74) is 0.282. The number of carboxylic acid groups (broad SMARTS) is 1. The number of fused-ring (bicyclic) bond motifs is 1. The number of halogens is 1. The first kappa shape index (κ1) is 32.2. The highest BCUT2D eigenvalue weighted by molar-refractivity contribution is 7.91. The van der Waals surface area contributed by atoms with Crippen LogP contribution in [0.4, 0.5) is 14.9 Å². The van der Waals surface area contributed by atoms with E-state index in [2.05, 4.69) is 19.9 Å². The number of hydrogen-bond acceptors (Lipinski definition) is 11. The van der Waals surface area contributed by atoms with Gasteiger partial charge in [0, 0.05) is 70.5 Å². The molecule has 5 aliphatic rings. The van der Waals surface area contributed by atoms with Crippen molar-refractivity contribution >= 4 is 42.4 Å². The molecule has 45 heavy (non-hydrogen) atoms. The Morgan fingerprint density at radius 1 is 0.844 bits per heavy atom. The molecule has 0 amide bonds. The van der Waals surface area contributed by atoms with Crippen LogP contribution in [0.5, 0.6) is 5.75 Å². The third-order valence-electron chi connectivity index (χ3n) is 9.46. The van der Waals surface area contributed by atoms with Crippen molar-refractivity contribution in [3.05, 3.63) is 34.4 Å². The summed E-state index contributed by atoms with van der Waals surface area (Å²) in [6, 6.07) is 3.26. The molecule has 16 heteroatoms. The zero-order chi connectivity index (χ0) is 31.9. The highest BCUT2D eigenvalue weighted by Gasteiger charge is 2.35. The molecule has 2 unspecified atom stereocenters. The van der Waals surface area contributed by atoms with Crippen molar-refractivity contribution in [2.24, 2.45) is 0 Å². The van der Waals surface area contributed by atoms with Crippen molar-refractivity contribution in [2.75, 3.05) is 80.3 Å². The topological polar surface area (TPSA) is 159 Å². The Bertz CT molecular complexity index is 1720. The van der Waals surface area contributed by atoms with E-state index < -0.39 is 37.1 Å². The quantitative estimate of drug-likeness (QED) is 0.435. The van der Waals surface area contributed by atoms with Gasteiger partial charge in [0.1, 0.15) is 5.82 Å². The number of hydrogen-bond donors (Lipinski definition) is 2. The molecule has 248 valence electrons. The maximum atomic E-state index is 15.1. The van der Waals surface area contributed by atoms with E-state index >= 15 is 4.39 Å². The summed E-state index contributed by atoms with van der Waals surface area (Å²) in [6.07, 6.45) is 3.06. The van der Waals surface area contributed by atoms with Gasteiger partial charge in [-0.25, -0.2) is 26.0 Å². The Morgan fingerprint density at radius 2 is 1.42 bits per heavy atom. The fraction of sp³-hybridized carbons (Fsp3) is 0.655. The zero-order valence-electron chi connectivity index (χ0n) is 25.1. The van der Waals surface area contributed by atoms with Crippen LogP contribution in [0.3, 0.4) is 0 Å². The second-order valence-corrected chi connectivity index (χ2v) is 17.0. The Morgan fingerprint density at radius 3 is 1.93 bits per heavy atom. The van der Waals surface area contributed by atoms with Gasteiger partial charge in [-0.1, -0.05) is 0 Å². The number of benzene rings is 1. The van der Waals surface area contributed by atoms with Gasteiger partial charge in [0.25, 0.3) is 0 Å². The third-order valence-corrected chi connectivity index (χ3v) is 13.0. The first-order chi connectivity index (χ1) is 21.4. The lowest BCUT2D eigenvalue weighted by Crippen LogP contribution is -2.51. The number of rotatable bonds is 5. The van der Waals surface area contributed by atoms with Gasteiger partial charge in [-0.15, -0.1) is 0 Å². The normalized spacial score (nSPS) is 26.8. The maximum Gasteiger partial charge on any atom is 0.511 e. The number of piperazine rings is 2. The number of nitrogens with zero attached hydrogens (tertiary/aromatic N) is 4. The van der Waals surface area contributed by atoms with Gasteiger partial charge >= 0.3 is 6.16 Å². The lowest BCUT2D eigenvalue weighted by atomic mass is 10.1. The van der Waals surface area contributed by atoms with Crippen molar-refractivity contribution in [1.82, 2.24) is 19.7 Å². The molecule has 0 spiro atoms. The molecule has 0 bridgehead atoms. The van der Waals surface area contributed by atoms with Crippen LogP contribution in [0.25, 0.3) is 10.9 Å². The lowest BCUT2D eigenvalue weighted by Gasteiger charge is -2.39. The number of carbonyl (C=O) groups is 1. The predicted octanol–water partition coefficient (Wildman–Crippen LogP) is 0.920.